The van der Waals surface area contributed by atoms with E-state index in [1.54, 1.807) is 36.7 Å². The van der Waals surface area contributed by atoms with E-state index in [1.165, 1.54) is 12.1 Å². The monoisotopic (exact) mass is 436 g/mol. The predicted molar refractivity (Wildman–Crippen MR) is 109 cm³/mol. The first-order valence-corrected chi connectivity index (χ1v) is 10.4. The zero-order valence-electron chi connectivity index (χ0n) is 16.2. The highest BCUT2D eigenvalue weighted by Gasteiger charge is 2.30. The zero-order valence-corrected chi connectivity index (χ0v) is 17.0. The Morgan fingerprint density at radius 3 is 2.37 bits per heavy atom. The summed E-state index contributed by atoms with van der Waals surface area (Å²) >= 11 is 0. The second-order valence-corrected chi connectivity index (χ2v) is 7.57. The number of pyridine rings is 1. The number of alkyl halides is 3. The number of rotatable bonds is 7. The standard InChI is InChI=1S/C21H19F3N2O3S/c1-14-11-17(26-30(2)27)6-9-19(14)29-20-10-3-15(12-25-20)13-28-18-7-4-16(5-8-18)21(22,23)24/h3-12,26H,13H2,1-2H3. The number of nitrogens with zero attached hydrogens (tertiary/aromatic N) is 1. The van der Waals surface area contributed by atoms with Crippen LogP contribution in [-0.4, -0.2) is 15.4 Å². The first kappa shape index (κ1) is 21.6. The minimum absolute atomic E-state index is 0.159. The van der Waals surface area contributed by atoms with Crippen LogP contribution >= 0.6 is 0 Å². The molecule has 2 aromatic carbocycles. The van der Waals surface area contributed by atoms with Crippen LogP contribution in [0.4, 0.5) is 18.9 Å². The van der Waals surface area contributed by atoms with E-state index in [0.717, 1.165) is 28.9 Å². The molecule has 30 heavy (non-hydrogen) atoms. The Hall–Kier alpha value is -3.07. The van der Waals surface area contributed by atoms with Crippen LogP contribution in [0, 0.1) is 6.92 Å². The van der Waals surface area contributed by atoms with Crippen molar-refractivity contribution in [2.24, 2.45) is 0 Å². The molecule has 1 unspecified atom stereocenters. The molecule has 1 atom stereocenters. The molecule has 0 fully saturated rings. The molecule has 0 spiro atoms. The minimum atomic E-state index is -4.37. The molecular formula is C21H19F3N2O3S. The summed E-state index contributed by atoms with van der Waals surface area (Å²) in [4.78, 5) is 4.23. The molecule has 0 radical (unpaired) electrons. The van der Waals surface area contributed by atoms with Crippen molar-refractivity contribution in [2.75, 3.05) is 11.0 Å². The van der Waals surface area contributed by atoms with E-state index in [2.05, 4.69) is 9.71 Å². The summed E-state index contributed by atoms with van der Waals surface area (Å²) < 4.78 is 63.1. The molecule has 3 rings (SSSR count). The Kier molecular flexibility index (Phi) is 6.61. The summed E-state index contributed by atoms with van der Waals surface area (Å²) in [7, 11) is -1.16. The Balaban J connectivity index is 1.58. The molecule has 9 heteroatoms. The van der Waals surface area contributed by atoms with E-state index in [9.17, 15) is 17.4 Å². The number of ether oxygens (including phenoxy) is 2. The van der Waals surface area contributed by atoms with Gasteiger partial charge in [0.15, 0.2) is 0 Å². The third kappa shape index (κ3) is 5.96. The lowest BCUT2D eigenvalue weighted by molar-refractivity contribution is -0.137. The molecular weight excluding hydrogens is 417 g/mol. The van der Waals surface area contributed by atoms with Gasteiger partial charge in [0.2, 0.25) is 5.88 Å². The molecule has 0 aliphatic heterocycles. The van der Waals surface area contributed by atoms with Crippen LogP contribution in [0.3, 0.4) is 0 Å². The van der Waals surface area contributed by atoms with Crippen molar-refractivity contribution in [3.8, 4) is 17.4 Å². The van der Waals surface area contributed by atoms with Gasteiger partial charge in [-0.15, -0.1) is 0 Å². The van der Waals surface area contributed by atoms with Crippen LogP contribution in [0.25, 0.3) is 0 Å². The van der Waals surface area contributed by atoms with E-state index < -0.39 is 22.7 Å². The zero-order chi connectivity index (χ0) is 21.7. The maximum atomic E-state index is 12.6. The number of hydrogen-bond acceptors (Lipinski definition) is 4. The molecule has 158 valence electrons. The molecule has 0 amide bonds. The third-order valence-electron chi connectivity index (χ3n) is 4.04. The van der Waals surface area contributed by atoms with Crippen molar-refractivity contribution in [3.63, 3.8) is 0 Å². The lowest BCUT2D eigenvalue weighted by Crippen LogP contribution is -2.04. The molecule has 0 saturated carbocycles. The van der Waals surface area contributed by atoms with Crippen molar-refractivity contribution in [1.29, 1.82) is 0 Å². The Labute approximate surface area is 174 Å². The summed E-state index contributed by atoms with van der Waals surface area (Å²) in [5.41, 5.74) is 1.59. The fourth-order valence-corrected chi connectivity index (χ4v) is 3.03. The number of hydrogen-bond donors (Lipinski definition) is 1. The fraction of sp³-hybridized carbons (Fsp3) is 0.190. The average Bonchev–Trinajstić information content (AvgIpc) is 2.69. The highest BCUT2D eigenvalue weighted by molar-refractivity contribution is 7.85. The van der Waals surface area contributed by atoms with Gasteiger partial charge in [-0.1, -0.05) is 0 Å². The largest absolute Gasteiger partial charge is 0.489 e. The lowest BCUT2D eigenvalue weighted by atomic mass is 10.2. The molecule has 0 bridgehead atoms. The van der Waals surface area contributed by atoms with Gasteiger partial charge < -0.3 is 14.2 Å². The van der Waals surface area contributed by atoms with Crippen molar-refractivity contribution in [3.05, 3.63) is 77.5 Å². The van der Waals surface area contributed by atoms with Gasteiger partial charge in [0.1, 0.15) is 29.1 Å². The maximum Gasteiger partial charge on any atom is 0.416 e. The molecule has 0 aliphatic carbocycles. The third-order valence-corrected chi connectivity index (χ3v) is 4.56. The summed E-state index contributed by atoms with van der Waals surface area (Å²) in [6, 6.07) is 13.3. The molecule has 5 nitrogen and oxygen atoms in total. The van der Waals surface area contributed by atoms with Gasteiger partial charge >= 0.3 is 6.18 Å². The second kappa shape index (κ2) is 9.17. The van der Waals surface area contributed by atoms with Gasteiger partial charge in [0.25, 0.3) is 0 Å². The molecule has 0 aliphatic rings. The van der Waals surface area contributed by atoms with Crippen LogP contribution in [0.2, 0.25) is 0 Å². The Morgan fingerprint density at radius 1 is 1.07 bits per heavy atom. The molecule has 0 saturated heterocycles. The number of aryl methyl sites for hydroxylation is 1. The number of halogens is 3. The van der Waals surface area contributed by atoms with Gasteiger partial charge in [0, 0.05) is 29.8 Å². The summed E-state index contributed by atoms with van der Waals surface area (Å²) in [5, 5.41) is 0. The van der Waals surface area contributed by atoms with Crippen molar-refractivity contribution < 1.29 is 26.9 Å². The normalized spacial score (nSPS) is 12.3. The molecule has 3 aromatic rings. The maximum absolute atomic E-state index is 12.6. The van der Waals surface area contributed by atoms with Crippen LogP contribution in [0.15, 0.2) is 60.8 Å². The van der Waals surface area contributed by atoms with Crippen LogP contribution in [0.1, 0.15) is 16.7 Å². The smallest absolute Gasteiger partial charge is 0.416 e. The summed E-state index contributed by atoms with van der Waals surface area (Å²) in [5.74, 6) is 1.33. The summed E-state index contributed by atoms with van der Waals surface area (Å²) in [6.45, 7) is 2.03. The van der Waals surface area contributed by atoms with E-state index >= 15 is 0 Å². The highest BCUT2D eigenvalue weighted by Crippen LogP contribution is 2.30. The number of nitrogens with one attached hydrogen (secondary N) is 1. The average molecular weight is 436 g/mol. The molecule has 1 heterocycles. The van der Waals surface area contributed by atoms with Crippen molar-refractivity contribution in [2.45, 2.75) is 19.7 Å². The summed E-state index contributed by atoms with van der Waals surface area (Å²) in [6.07, 6.45) is -1.25. The lowest BCUT2D eigenvalue weighted by Gasteiger charge is -2.11. The van der Waals surface area contributed by atoms with Crippen molar-refractivity contribution >= 4 is 16.7 Å². The van der Waals surface area contributed by atoms with Gasteiger partial charge in [0.05, 0.1) is 5.56 Å². The first-order valence-electron chi connectivity index (χ1n) is 8.84. The van der Waals surface area contributed by atoms with Crippen molar-refractivity contribution in [1.82, 2.24) is 4.98 Å². The number of anilines is 1. The minimum Gasteiger partial charge on any atom is -0.489 e. The Morgan fingerprint density at radius 2 is 1.80 bits per heavy atom. The highest BCUT2D eigenvalue weighted by atomic mass is 32.2. The quantitative estimate of drug-likeness (QED) is 0.532. The van der Waals surface area contributed by atoms with Crippen LogP contribution < -0.4 is 14.2 Å². The Bertz CT molecular complexity index is 1020. The topological polar surface area (TPSA) is 60.5 Å². The van der Waals surface area contributed by atoms with E-state index in [4.69, 9.17) is 9.47 Å². The van der Waals surface area contributed by atoms with Gasteiger partial charge in [-0.2, -0.15) is 13.2 Å². The predicted octanol–water partition coefficient (Wildman–Crippen LogP) is 5.49. The van der Waals surface area contributed by atoms with E-state index in [0.29, 0.717) is 17.4 Å². The van der Waals surface area contributed by atoms with Gasteiger partial charge in [-0.3, -0.25) is 0 Å². The van der Waals surface area contributed by atoms with Gasteiger partial charge in [-0.05, 0) is 61.0 Å². The van der Waals surface area contributed by atoms with E-state index in [-0.39, 0.29) is 6.61 Å². The van der Waals surface area contributed by atoms with Crippen LogP contribution in [0.5, 0.6) is 17.4 Å². The fourth-order valence-electron chi connectivity index (χ4n) is 2.57. The molecule has 1 aromatic heterocycles. The molecule has 1 N–H and O–H groups in total. The van der Waals surface area contributed by atoms with Crippen LogP contribution in [-0.2, 0) is 23.8 Å². The number of aromatic nitrogens is 1. The van der Waals surface area contributed by atoms with E-state index in [1.807, 2.05) is 13.0 Å². The van der Waals surface area contributed by atoms with Gasteiger partial charge in [-0.25, -0.2) is 9.19 Å². The number of benzene rings is 2. The second-order valence-electron chi connectivity index (χ2n) is 6.45. The first-order chi connectivity index (χ1) is 14.2. The SMILES string of the molecule is Cc1cc(NS(C)=O)ccc1Oc1ccc(COc2ccc(C(F)(F)F)cc2)cn1.